The Morgan fingerprint density at radius 3 is 2.48 bits per heavy atom. The van der Waals surface area contributed by atoms with E-state index in [0.29, 0.717) is 36.0 Å². The van der Waals surface area contributed by atoms with Crippen LogP contribution in [0.5, 0.6) is 5.88 Å². The highest BCUT2D eigenvalue weighted by atomic mass is 19.1. The van der Waals surface area contributed by atoms with Crippen LogP contribution in [-0.2, 0) is 13.0 Å². The number of aromatic nitrogens is 3. The molecule has 0 atom stereocenters. The van der Waals surface area contributed by atoms with Crippen molar-refractivity contribution in [1.29, 1.82) is 0 Å². The van der Waals surface area contributed by atoms with E-state index in [0.717, 1.165) is 16.8 Å². The van der Waals surface area contributed by atoms with Crippen LogP contribution in [0.25, 0.3) is 11.3 Å². The van der Waals surface area contributed by atoms with Gasteiger partial charge in [-0.15, -0.1) is 0 Å². The highest BCUT2D eigenvalue weighted by Gasteiger charge is 2.11. The van der Waals surface area contributed by atoms with E-state index in [1.165, 1.54) is 6.07 Å². The van der Waals surface area contributed by atoms with Crippen LogP contribution >= 0.6 is 0 Å². The van der Waals surface area contributed by atoms with Crippen molar-refractivity contribution in [2.24, 2.45) is 0 Å². The second-order valence-corrected chi connectivity index (χ2v) is 6.43. The topological polar surface area (TPSA) is 113 Å². The Bertz CT molecular complexity index is 1130. The predicted molar refractivity (Wildman–Crippen MR) is 106 cm³/mol. The minimum Gasteiger partial charge on any atom is -0.473 e. The number of anilines is 2. The molecule has 8 heteroatoms. The molecule has 4 rings (SSSR count). The Balaban J connectivity index is 1.39. The summed E-state index contributed by atoms with van der Waals surface area (Å²) >= 11 is 0. The van der Waals surface area contributed by atoms with Crippen molar-refractivity contribution in [1.82, 2.24) is 15.1 Å². The summed E-state index contributed by atoms with van der Waals surface area (Å²) in [6.07, 6.45) is 0.596. The van der Waals surface area contributed by atoms with Crippen molar-refractivity contribution < 1.29 is 13.7 Å². The summed E-state index contributed by atoms with van der Waals surface area (Å²) < 4.78 is 24.0. The molecule has 4 aromatic rings. The van der Waals surface area contributed by atoms with Gasteiger partial charge in [0.05, 0.1) is 11.3 Å². The Labute approximate surface area is 166 Å². The van der Waals surface area contributed by atoms with Crippen molar-refractivity contribution in [3.8, 4) is 17.2 Å². The van der Waals surface area contributed by atoms with Crippen LogP contribution in [0.15, 0.2) is 65.2 Å². The number of ether oxygens (including phenoxy) is 1. The molecule has 7 nitrogen and oxygen atoms in total. The largest absolute Gasteiger partial charge is 0.473 e. The summed E-state index contributed by atoms with van der Waals surface area (Å²) in [4.78, 5) is 7.70. The molecule has 3 aromatic heterocycles. The zero-order valence-electron chi connectivity index (χ0n) is 15.4. The van der Waals surface area contributed by atoms with Crippen LogP contribution in [0, 0.1) is 5.95 Å². The Morgan fingerprint density at radius 2 is 1.72 bits per heavy atom. The Morgan fingerprint density at radius 1 is 0.931 bits per heavy atom. The number of nitrogens with two attached hydrogens (primary N) is 2. The summed E-state index contributed by atoms with van der Waals surface area (Å²) in [6.45, 7) is 0.300. The van der Waals surface area contributed by atoms with Crippen LogP contribution < -0.4 is 16.2 Å². The third kappa shape index (κ3) is 4.49. The van der Waals surface area contributed by atoms with Gasteiger partial charge in [-0.05, 0) is 29.3 Å². The molecule has 0 saturated heterocycles. The van der Waals surface area contributed by atoms with Crippen LogP contribution in [0.1, 0.15) is 16.8 Å². The summed E-state index contributed by atoms with van der Waals surface area (Å²) in [5.41, 5.74) is 14.9. The average molecular weight is 391 g/mol. The molecular formula is C21H18FN5O2. The van der Waals surface area contributed by atoms with E-state index in [-0.39, 0.29) is 5.88 Å². The molecule has 29 heavy (non-hydrogen) atoms. The van der Waals surface area contributed by atoms with E-state index >= 15 is 0 Å². The Hall–Kier alpha value is -3.94. The lowest BCUT2D eigenvalue weighted by Crippen LogP contribution is -1.98. The minimum atomic E-state index is -0.568. The molecule has 0 bridgehead atoms. The van der Waals surface area contributed by atoms with Gasteiger partial charge in [0.2, 0.25) is 11.8 Å². The summed E-state index contributed by atoms with van der Waals surface area (Å²) in [7, 11) is 0. The SMILES string of the molecule is Nc1ccc(-c2cc(Cc3ccc(COc4cccc(F)n4)cc3)no2)c(N)n1. The number of hydrogen-bond donors (Lipinski definition) is 2. The monoisotopic (exact) mass is 391 g/mol. The van der Waals surface area contributed by atoms with Gasteiger partial charge in [0.25, 0.3) is 0 Å². The maximum Gasteiger partial charge on any atom is 0.216 e. The third-order valence-corrected chi connectivity index (χ3v) is 4.26. The van der Waals surface area contributed by atoms with Gasteiger partial charge in [-0.2, -0.15) is 9.37 Å². The summed E-state index contributed by atoms with van der Waals surface area (Å²) in [6, 6.07) is 17.5. The molecule has 0 aliphatic carbocycles. The van der Waals surface area contributed by atoms with Crippen molar-refractivity contribution in [3.05, 3.63) is 83.4 Å². The number of rotatable bonds is 6. The number of halogens is 1. The number of nitrogens with zero attached hydrogens (tertiary/aromatic N) is 3. The first kappa shape index (κ1) is 18.4. The maximum atomic E-state index is 13.1. The molecule has 0 aliphatic heterocycles. The van der Waals surface area contributed by atoms with E-state index in [1.54, 1.807) is 24.3 Å². The molecule has 0 radical (unpaired) electrons. The van der Waals surface area contributed by atoms with Gasteiger partial charge in [0.1, 0.15) is 18.2 Å². The van der Waals surface area contributed by atoms with Crippen molar-refractivity contribution in [2.75, 3.05) is 11.5 Å². The minimum absolute atomic E-state index is 0.251. The Kier molecular flexibility index (Phi) is 5.07. The van der Waals surface area contributed by atoms with Gasteiger partial charge in [0.15, 0.2) is 5.76 Å². The smallest absolute Gasteiger partial charge is 0.216 e. The highest BCUT2D eigenvalue weighted by molar-refractivity contribution is 5.71. The normalized spacial score (nSPS) is 10.8. The first-order valence-electron chi connectivity index (χ1n) is 8.88. The molecule has 1 aromatic carbocycles. The van der Waals surface area contributed by atoms with Crippen LogP contribution in [0.3, 0.4) is 0 Å². The number of benzene rings is 1. The van der Waals surface area contributed by atoms with E-state index in [2.05, 4.69) is 15.1 Å². The maximum absolute atomic E-state index is 13.1. The summed E-state index contributed by atoms with van der Waals surface area (Å²) in [5, 5.41) is 4.10. The number of nitrogen functional groups attached to an aromatic ring is 2. The van der Waals surface area contributed by atoms with Crippen LogP contribution in [0.4, 0.5) is 16.0 Å². The van der Waals surface area contributed by atoms with Gasteiger partial charge in [0, 0.05) is 18.6 Å². The van der Waals surface area contributed by atoms with Crippen LogP contribution in [0.2, 0.25) is 0 Å². The van der Waals surface area contributed by atoms with Gasteiger partial charge in [-0.25, -0.2) is 4.98 Å². The standard InChI is InChI=1S/C21H18FN5O2/c22-18-2-1-3-20(25-18)28-12-14-6-4-13(5-7-14)10-15-11-17(29-27-15)16-8-9-19(23)26-21(16)24/h1-9,11H,10,12H2,(H4,23,24,26). The fraction of sp³-hybridized carbons (Fsp3) is 0.0952. The zero-order chi connectivity index (χ0) is 20.2. The average Bonchev–Trinajstić information content (AvgIpc) is 3.16. The molecule has 0 saturated carbocycles. The highest BCUT2D eigenvalue weighted by Crippen LogP contribution is 2.26. The third-order valence-electron chi connectivity index (χ3n) is 4.26. The number of pyridine rings is 2. The van der Waals surface area contributed by atoms with E-state index < -0.39 is 5.95 Å². The molecule has 0 spiro atoms. The lowest BCUT2D eigenvalue weighted by molar-refractivity contribution is 0.289. The molecule has 0 fully saturated rings. The number of hydrogen-bond acceptors (Lipinski definition) is 7. The van der Waals surface area contributed by atoms with Crippen molar-refractivity contribution in [3.63, 3.8) is 0 Å². The molecular weight excluding hydrogens is 373 g/mol. The zero-order valence-corrected chi connectivity index (χ0v) is 15.4. The first-order valence-corrected chi connectivity index (χ1v) is 8.88. The van der Waals surface area contributed by atoms with Crippen LogP contribution in [-0.4, -0.2) is 15.1 Å². The van der Waals surface area contributed by atoms with Crippen molar-refractivity contribution >= 4 is 11.6 Å². The van der Waals surface area contributed by atoms with E-state index in [9.17, 15) is 4.39 Å². The molecule has 0 aliphatic rings. The fourth-order valence-corrected chi connectivity index (χ4v) is 2.81. The van der Waals surface area contributed by atoms with Gasteiger partial charge in [-0.1, -0.05) is 35.5 Å². The van der Waals surface area contributed by atoms with E-state index in [1.807, 2.05) is 30.3 Å². The second kappa shape index (κ2) is 7.97. The van der Waals surface area contributed by atoms with Gasteiger partial charge in [-0.3, -0.25) is 0 Å². The lowest BCUT2D eigenvalue weighted by Gasteiger charge is -2.06. The lowest BCUT2D eigenvalue weighted by atomic mass is 10.1. The molecule has 146 valence electrons. The van der Waals surface area contributed by atoms with Gasteiger partial charge >= 0.3 is 0 Å². The summed E-state index contributed by atoms with van der Waals surface area (Å²) in [5.74, 6) is 0.868. The first-order chi connectivity index (χ1) is 14.1. The molecule has 3 heterocycles. The molecule has 0 unspecified atom stereocenters. The predicted octanol–water partition coefficient (Wildman–Crippen LogP) is 3.60. The quantitative estimate of drug-likeness (QED) is 0.483. The molecule has 0 amide bonds. The second-order valence-electron chi connectivity index (χ2n) is 6.43. The van der Waals surface area contributed by atoms with E-state index in [4.69, 9.17) is 20.7 Å². The fourth-order valence-electron chi connectivity index (χ4n) is 2.81. The van der Waals surface area contributed by atoms with Crippen molar-refractivity contribution in [2.45, 2.75) is 13.0 Å². The molecule has 4 N–H and O–H groups in total. The van der Waals surface area contributed by atoms with Gasteiger partial charge < -0.3 is 20.7 Å².